The fourth-order valence-electron chi connectivity index (χ4n) is 10.2. The molecule has 0 saturated heterocycles. The summed E-state index contributed by atoms with van der Waals surface area (Å²) in [6.45, 7) is 0. The Morgan fingerprint density at radius 1 is 0.290 bits per heavy atom. The van der Waals surface area contributed by atoms with Crippen LogP contribution in [0.3, 0.4) is 0 Å². The van der Waals surface area contributed by atoms with Gasteiger partial charge in [0.25, 0.3) is 0 Å². The van der Waals surface area contributed by atoms with Gasteiger partial charge in [-0.3, -0.25) is 0 Å². The van der Waals surface area contributed by atoms with E-state index in [0.29, 0.717) is 0 Å². The lowest BCUT2D eigenvalue weighted by Crippen LogP contribution is -2.32. The number of pyridine rings is 1. The molecule has 0 N–H and O–H groups in total. The lowest BCUT2D eigenvalue weighted by atomic mass is 9.65. The molecular formula is C58H35N3O. The number of hydrogen-bond donors (Lipinski definition) is 0. The molecule has 2 aromatic heterocycles. The van der Waals surface area contributed by atoms with Crippen molar-refractivity contribution in [3.8, 4) is 67.5 Å². The smallest absolute Gasteiger partial charge is 0.132 e. The maximum absolute atomic E-state index is 6.95. The molecule has 0 saturated carbocycles. The van der Waals surface area contributed by atoms with Crippen LogP contribution in [0, 0.1) is 0 Å². The largest absolute Gasteiger partial charge is 0.457 e. The Balaban J connectivity index is 1.04. The van der Waals surface area contributed by atoms with Crippen molar-refractivity contribution in [3.63, 3.8) is 0 Å². The van der Waals surface area contributed by atoms with Crippen LogP contribution in [-0.2, 0) is 5.41 Å². The number of fused-ring (bicyclic) bond motifs is 13. The molecule has 1 aliphatic carbocycles. The van der Waals surface area contributed by atoms with E-state index < -0.39 is 5.41 Å². The van der Waals surface area contributed by atoms with E-state index in [9.17, 15) is 0 Å². The van der Waals surface area contributed by atoms with Crippen LogP contribution < -0.4 is 4.74 Å². The molecule has 1 aliphatic heterocycles. The second kappa shape index (κ2) is 13.4. The molecule has 0 bridgehead atoms. The van der Waals surface area contributed by atoms with Crippen molar-refractivity contribution in [1.82, 2.24) is 15.0 Å². The highest BCUT2D eigenvalue weighted by atomic mass is 16.5. The first-order valence-corrected chi connectivity index (χ1v) is 21.1. The molecule has 4 heteroatoms. The van der Waals surface area contributed by atoms with Crippen molar-refractivity contribution in [2.24, 2.45) is 0 Å². The number of benzene rings is 9. The number of aromatic nitrogens is 3. The second-order valence-corrected chi connectivity index (χ2v) is 16.2. The number of nitrogens with zero attached hydrogens (tertiary/aromatic N) is 3. The lowest BCUT2D eigenvalue weighted by Gasteiger charge is -2.39. The Labute approximate surface area is 358 Å². The molecule has 9 aromatic carbocycles. The summed E-state index contributed by atoms with van der Waals surface area (Å²) in [6.07, 6.45) is 0. The van der Waals surface area contributed by atoms with Crippen LogP contribution in [0.1, 0.15) is 22.3 Å². The van der Waals surface area contributed by atoms with Gasteiger partial charge in [-0.2, -0.15) is 0 Å². The van der Waals surface area contributed by atoms with Crippen molar-refractivity contribution < 1.29 is 4.74 Å². The average molecular weight is 790 g/mol. The molecule has 11 aromatic rings. The third-order valence-corrected chi connectivity index (χ3v) is 12.9. The third kappa shape index (κ3) is 5.04. The van der Waals surface area contributed by atoms with Gasteiger partial charge < -0.3 is 4.74 Å². The van der Waals surface area contributed by atoms with E-state index in [-0.39, 0.29) is 0 Å². The van der Waals surface area contributed by atoms with Crippen molar-refractivity contribution in [3.05, 3.63) is 235 Å². The summed E-state index contributed by atoms with van der Waals surface area (Å²) >= 11 is 0. The SMILES string of the molecule is c1ccc(-c2nc3ccc(-c4ccc5c(c4)nc(-c4ccccc4)c4cc6c(cc45)C4(c5ccccc5O6)c5ccccc5-c5ccccc54)cc3nc2-c2ccccc2)cc1. The van der Waals surface area contributed by atoms with Crippen LogP contribution in [0.15, 0.2) is 212 Å². The van der Waals surface area contributed by atoms with Crippen molar-refractivity contribution in [1.29, 1.82) is 0 Å². The molecule has 2 aliphatic rings. The Morgan fingerprint density at radius 3 is 1.44 bits per heavy atom. The third-order valence-electron chi connectivity index (χ3n) is 12.9. The Kier molecular flexibility index (Phi) is 7.49. The predicted octanol–water partition coefficient (Wildman–Crippen LogP) is 14.5. The molecule has 0 unspecified atom stereocenters. The first kappa shape index (κ1) is 34.6. The zero-order valence-corrected chi connectivity index (χ0v) is 33.5. The molecule has 62 heavy (non-hydrogen) atoms. The molecule has 0 fully saturated rings. The summed E-state index contributed by atoms with van der Waals surface area (Å²) in [5.41, 5.74) is 17.3. The molecule has 0 radical (unpaired) electrons. The van der Waals surface area contributed by atoms with Crippen molar-refractivity contribution in [2.75, 3.05) is 0 Å². The van der Waals surface area contributed by atoms with E-state index >= 15 is 0 Å². The van der Waals surface area contributed by atoms with Gasteiger partial charge >= 0.3 is 0 Å². The number of rotatable bonds is 4. The van der Waals surface area contributed by atoms with Gasteiger partial charge in [-0.25, -0.2) is 15.0 Å². The number of para-hydroxylation sites is 1. The molecule has 288 valence electrons. The zero-order chi connectivity index (χ0) is 40.8. The summed E-state index contributed by atoms with van der Waals surface area (Å²) in [7, 11) is 0. The van der Waals surface area contributed by atoms with E-state index in [2.05, 4.69) is 188 Å². The maximum Gasteiger partial charge on any atom is 0.132 e. The van der Waals surface area contributed by atoms with Crippen molar-refractivity contribution >= 4 is 32.7 Å². The van der Waals surface area contributed by atoms with Gasteiger partial charge in [0, 0.05) is 38.6 Å². The summed E-state index contributed by atoms with van der Waals surface area (Å²) in [6, 6.07) is 75.2. The monoisotopic (exact) mass is 789 g/mol. The van der Waals surface area contributed by atoms with Crippen LogP contribution >= 0.6 is 0 Å². The zero-order valence-electron chi connectivity index (χ0n) is 33.5. The van der Waals surface area contributed by atoms with Gasteiger partial charge in [0.1, 0.15) is 11.5 Å². The van der Waals surface area contributed by atoms with E-state index in [4.69, 9.17) is 19.7 Å². The van der Waals surface area contributed by atoms with Gasteiger partial charge in [0.2, 0.25) is 0 Å². The van der Waals surface area contributed by atoms with Crippen LogP contribution in [-0.4, -0.2) is 15.0 Å². The molecule has 4 nitrogen and oxygen atoms in total. The summed E-state index contributed by atoms with van der Waals surface area (Å²) in [4.78, 5) is 16.0. The van der Waals surface area contributed by atoms with Crippen LogP contribution in [0.4, 0.5) is 0 Å². The van der Waals surface area contributed by atoms with Gasteiger partial charge in [-0.1, -0.05) is 176 Å². The van der Waals surface area contributed by atoms with E-state index in [0.717, 1.165) is 100 Å². The van der Waals surface area contributed by atoms with E-state index in [1.165, 1.54) is 22.3 Å². The van der Waals surface area contributed by atoms with Gasteiger partial charge in [0.05, 0.1) is 39.0 Å². The number of hydrogen-bond acceptors (Lipinski definition) is 4. The minimum atomic E-state index is -0.570. The molecule has 0 amide bonds. The average Bonchev–Trinajstić information content (AvgIpc) is 3.64. The molecule has 0 atom stereocenters. The van der Waals surface area contributed by atoms with E-state index in [1.54, 1.807) is 0 Å². The minimum Gasteiger partial charge on any atom is -0.457 e. The van der Waals surface area contributed by atoms with Gasteiger partial charge in [-0.05, 0) is 75.2 Å². The fourth-order valence-corrected chi connectivity index (χ4v) is 10.2. The summed E-state index contributed by atoms with van der Waals surface area (Å²) in [5, 5.41) is 3.26. The predicted molar refractivity (Wildman–Crippen MR) is 251 cm³/mol. The normalized spacial score (nSPS) is 13.1. The fraction of sp³-hybridized carbons (Fsp3) is 0.0172. The molecule has 13 rings (SSSR count). The van der Waals surface area contributed by atoms with Gasteiger partial charge in [-0.15, -0.1) is 0 Å². The van der Waals surface area contributed by atoms with Gasteiger partial charge in [0.15, 0.2) is 0 Å². The van der Waals surface area contributed by atoms with Crippen molar-refractivity contribution in [2.45, 2.75) is 5.41 Å². The highest BCUT2D eigenvalue weighted by molar-refractivity contribution is 6.13. The minimum absolute atomic E-state index is 0.570. The molecular weight excluding hydrogens is 755 g/mol. The van der Waals surface area contributed by atoms with Crippen LogP contribution in [0.25, 0.3) is 88.7 Å². The summed E-state index contributed by atoms with van der Waals surface area (Å²) in [5.74, 6) is 1.72. The van der Waals surface area contributed by atoms with E-state index in [1.807, 2.05) is 24.3 Å². The van der Waals surface area contributed by atoms with Crippen LogP contribution in [0.5, 0.6) is 11.5 Å². The lowest BCUT2D eigenvalue weighted by molar-refractivity contribution is 0.437. The quantitative estimate of drug-likeness (QED) is 0.167. The number of ether oxygens (including phenoxy) is 1. The standard InChI is InChI=1S/C58H35N3O/c1-4-16-36(17-5-1)55-45-35-54-49(58(48-26-14-15-27-53(48)62-54)46-24-12-10-22-41(46)42-23-11-13-25-47(42)58)34-44(45)43-30-28-39(32-51(43)60-55)40-29-31-50-52(33-40)61-57(38-20-8-3-9-21-38)56(59-50)37-18-6-2-7-19-37/h1-35H. The highest BCUT2D eigenvalue weighted by Crippen LogP contribution is 2.62. The Morgan fingerprint density at radius 2 is 0.790 bits per heavy atom. The first-order chi connectivity index (χ1) is 30.7. The summed E-state index contributed by atoms with van der Waals surface area (Å²) < 4.78 is 6.95. The molecule has 1 spiro atoms. The first-order valence-electron chi connectivity index (χ1n) is 21.1. The second-order valence-electron chi connectivity index (χ2n) is 16.2. The molecule has 3 heterocycles. The maximum atomic E-state index is 6.95. The topological polar surface area (TPSA) is 47.9 Å². The Hall–Kier alpha value is -8.21. The van der Waals surface area contributed by atoms with Crippen LogP contribution in [0.2, 0.25) is 0 Å². The Bertz CT molecular complexity index is 3560. The highest BCUT2D eigenvalue weighted by Gasteiger charge is 2.51.